The number of hydrogen-bond acceptors (Lipinski definition) is 3. The predicted octanol–water partition coefficient (Wildman–Crippen LogP) is 9.18. The molecule has 3 nitrogen and oxygen atoms in total. The summed E-state index contributed by atoms with van der Waals surface area (Å²) in [7, 11) is 0. The maximum absolute atomic E-state index is 14.4. The van der Waals surface area contributed by atoms with E-state index in [1.807, 2.05) is 12.1 Å². The number of aryl methyl sites for hydroxylation is 2. The van der Waals surface area contributed by atoms with Crippen molar-refractivity contribution >= 4 is 0 Å². The molecule has 5 heteroatoms. The van der Waals surface area contributed by atoms with Crippen LogP contribution in [0.1, 0.15) is 77.3 Å². The highest BCUT2D eigenvalue weighted by molar-refractivity contribution is 5.34. The van der Waals surface area contributed by atoms with E-state index < -0.39 is 0 Å². The van der Waals surface area contributed by atoms with E-state index in [0.717, 1.165) is 32.2 Å². The summed E-state index contributed by atoms with van der Waals surface area (Å²) < 4.78 is 41.3. The molecule has 44 heavy (non-hydrogen) atoms. The fraction of sp³-hybridized carbons (Fsp3) is 0.385. The zero-order valence-corrected chi connectivity index (χ0v) is 26.0. The van der Waals surface area contributed by atoms with Crippen LogP contribution in [0.4, 0.5) is 8.78 Å². The van der Waals surface area contributed by atoms with Crippen LogP contribution in [0, 0.1) is 25.5 Å². The lowest BCUT2D eigenvalue weighted by atomic mass is 9.69. The van der Waals surface area contributed by atoms with Gasteiger partial charge in [0, 0.05) is 35.0 Å². The molecule has 1 aliphatic carbocycles. The molecule has 4 aromatic carbocycles. The van der Waals surface area contributed by atoms with Gasteiger partial charge in [0.05, 0.1) is 26.4 Å². The summed E-state index contributed by atoms with van der Waals surface area (Å²) in [6.07, 6.45) is 5.56. The molecule has 1 aliphatic rings. The van der Waals surface area contributed by atoms with Crippen molar-refractivity contribution in [1.82, 2.24) is 5.32 Å². The minimum absolute atomic E-state index is 0.0821. The van der Waals surface area contributed by atoms with Crippen LogP contribution in [-0.2, 0) is 22.7 Å². The molecule has 0 radical (unpaired) electrons. The highest BCUT2D eigenvalue weighted by atomic mass is 19.1. The van der Waals surface area contributed by atoms with Crippen LogP contribution in [0.15, 0.2) is 97.1 Å². The Labute approximate surface area is 261 Å². The average Bonchev–Trinajstić information content (AvgIpc) is 3.04. The van der Waals surface area contributed by atoms with Gasteiger partial charge >= 0.3 is 0 Å². The third-order valence-corrected chi connectivity index (χ3v) is 9.34. The molecule has 0 aromatic heterocycles. The van der Waals surface area contributed by atoms with Crippen molar-refractivity contribution < 1.29 is 18.3 Å². The molecule has 1 saturated carbocycles. The van der Waals surface area contributed by atoms with Gasteiger partial charge in [-0.1, -0.05) is 104 Å². The van der Waals surface area contributed by atoms with Crippen LogP contribution in [0.25, 0.3) is 0 Å². The molecule has 232 valence electrons. The smallest absolute Gasteiger partial charge is 0.128 e. The van der Waals surface area contributed by atoms with E-state index in [2.05, 4.69) is 67.7 Å². The minimum Gasteiger partial charge on any atom is -0.376 e. The topological polar surface area (TPSA) is 30.5 Å². The number of ether oxygens (including phenoxy) is 2. The molecule has 1 N–H and O–H groups in total. The summed E-state index contributed by atoms with van der Waals surface area (Å²) in [5.41, 5.74) is 5.93. The van der Waals surface area contributed by atoms with Crippen LogP contribution < -0.4 is 5.32 Å². The maximum atomic E-state index is 14.4. The number of rotatable bonds is 14. The van der Waals surface area contributed by atoms with Gasteiger partial charge in [0.15, 0.2) is 0 Å². The summed E-state index contributed by atoms with van der Waals surface area (Å²) in [6.45, 7) is 6.46. The van der Waals surface area contributed by atoms with Crippen molar-refractivity contribution in [2.75, 3.05) is 19.8 Å². The number of hydrogen-bond donors (Lipinski definition) is 1. The van der Waals surface area contributed by atoms with E-state index in [-0.39, 0.29) is 42.2 Å². The first-order valence-corrected chi connectivity index (χ1v) is 16.0. The van der Waals surface area contributed by atoms with Gasteiger partial charge in [-0.05, 0) is 61.1 Å². The van der Waals surface area contributed by atoms with Crippen molar-refractivity contribution in [2.24, 2.45) is 0 Å². The molecule has 0 heterocycles. The Morgan fingerprint density at radius 1 is 0.636 bits per heavy atom. The van der Waals surface area contributed by atoms with Gasteiger partial charge in [-0.2, -0.15) is 0 Å². The van der Waals surface area contributed by atoms with Crippen LogP contribution in [0.3, 0.4) is 0 Å². The molecular formula is C39H45F2NO2. The highest BCUT2D eigenvalue weighted by Gasteiger charge is 2.41. The van der Waals surface area contributed by atoms with Crippen molar-refractivity contribution in [3.05, 3.63) is 142 Å². The van der Waals surface area contributed by atoms with Crippen molar-refractivity contribution in [2.45, 2.75) is 76.5 Å². The second kappa shape index (κ2) is 15.6. The van der Waals surface area contributed by atoms with E-state index in [9.17, 15) is 8.78 Å². The summed E-state index contributed by atoms with van der Waals surface area (Å²) in [6, 6.07) is 30.7. The highest BCUT2D eigenvalue weighted by Crippen LogP contribution is 2.42. The van der Waals surface area contributed by atoms with Crippen LogP contribution in [0.5, 0.6) is 0 Å². The van der Waals surface area contributed by atoms with Crippen LogP contribution in [0.2, 0.25) is 0 Å². The first kappa shape index (κ1) is 32.0. The Kier molecular flexibility index (Phi) is 11.3. The summed E-state index contributed by atoms with van der Waals surface area (Å²) >= 11 is 0. The molecule has 2 atom stereocenters. The molecule has 0 bridgehead atoms. The Morgan fingerprint density at radius 2 is 1.14 bits per heavy atom. The fourth-order valence-corrected chi connectivity index (χ4v) is 6.81. The standard InChI is InChI=1S/C39H45F2NO2/c1-29-14-4-8-18-34(29)33(27-43-25-31-16-6-10-20-37(31)40)24-42-39(22-12-3-13-23-39)36(35-19-9-5-15-30(35)2)28-44-26-32-17-7-11-21-38(32)41/h4-11,14-21,33,36,42H,3,12-13,22-28H2,1-2H3. The zero-order chi connectivity index (χ0) is 30.8. The third kappa shape index (κ3) is 8.01. The first-order valence-electron chi connectivity index (χ1n) is 16.0. The normalized spacial score (nSPS) is 16.0. The Hall–Kier alpha value is -3.38. The lowest BCUT2D eigenvalue weighted by molar-refractivity contribution is 0.0560. The van der Waals surface area contributed by atoms with Gasteiger partial charge in [0.1, 0.15) is 11.6 Å². The molecule has 0 spiro atoms. The third-order valence-electron chi connectivity index (χ3n) is 9.34. The second-order valence-corrected chi connectivity index (χ2v) is 12.3. The van der Waals surface area contributed by atoms with Gasteiger partial charge in [-0.3, -0.25) is 0 Å². The summed E-state index contributed by atoms with van der Waals surface area (Å²) in [5, 5.41) is 4.10. The van der Waals surface area contributed by atoms with Crippen LogP contribution in [-0.4, -0.2) is 25.3 Å². The molecule has 2 unspecified atom stereocenters. The molecule has 1 fully saturated rings. The molecule has 0 saturated heterocycles. The number of halogens is 2. The van der Waals surface area contributed by atoms with Gasteiger partial charge in [-0.15, -0.1) is 0 Å². The zero-order valence-electron chi connectivity index (χ0n) is 26.0. The Bertz CT molecular complexity index is 1480. The summed E-state index contributed by atoms with van der Waals surface area (Å²) in [4.78, 5) is 0. The molecule has 0 amide bonds. The van der Waals surface area contributed by atoms with E-state index >= 15 is 0 Å². The molecule has 0 aliphatic heterocycles. The minimum atomic E-state index is -0.240. The van der Waals surface area contributed by atoms with E-state index in [1.54, 1.807) is 24.3 Å². The average molecular weight is 598 g/mol. The number of benzene rings is 4. The number of nitrogens with one attached hydrogen (secondary N) is 1. The fourth-order valence-electron chi connectivity index (χ4n) is 6.81. The van der Waals surface area contributed by atoms with Gasteiger partial charge < -0.3 is 14.8 Å². The molecule has 5 rings (SSSR count). The largest absolute Gasteiger partial charge is 0.376 e. The molecular weight excluding hydrogens is 552 g/mol. The van der Waals surface area contributed by atoms with Crippen molar-refractivity contribution in [3.63, 3.8) is 0 Å². The van der Waals surface area contributed by atoms with Crippen LogP contribution >= 0.6 is 0 Å². The second-order valence-electron chi connectivity index (χ2n) is 12.3. The maximum Gasteiger partial charge on any atom is 0.128 e. The van der Waals surface area contributed by atoms with Gasteiger partial charge in [0.2, 0.25) is 0 Å². The van der Waals surface area contributed by atoms with Crippen molar-refractivity contribution in [3.8, 4) is 0 Å². The van der Waals surface area contributed by atoms with Gasteiger partial charge in [0.25, 0.3) is 0 Å². The SMILES string of the molecule is Cc1ccccc1C(CNC1(C(COCc2ccccc2F)c2ccccc2C)CCCCC1)COCc1ccccc1F. The van der Waals surface area contributed by atoms with E-state index in [1.165, 1.54) is 40.8 Å². The lowest BCUT2D eigenvalue weighted by Crippen LogP contribution is -2.54. The Balaban J connectivity index is 1.39. The quantitative estimate of drug-likeness (QED) is 0.157. The van der Waals surface area contributed by atoms with Crippen molar-refractivity contribution in [1.29, 1.82) is 0 Å². The molecule has 4 aromatic rings. The van der Waals surface area contributed by atoms with E-state index in [0.29, 0.717) is 24.3 Å². The first-order chi connectivity index (χ1) is 21.5. The lowest BCUT2D eigenvalue weighted by Gasteiger charge is -2.46. The van der Waals surface area contributed by atoms with E-state index in [4.69, 9.17) is 9.47 Å². The van der Waals surface area contributed by atoms with Gasteiger partial charge in [-0.25, -0.2) is 8.78 Å². The summed E-state index contributed by atoms with van der Waals surface area (Å²) in [5.74, 6) is -0.302. The Morgan fingerprint density at radius 3 is 1.70 bits per heavy atom. The monoisotopic (exact) mass is 597 g/mol. The predicted molar refractivity (Wildman–Crippen MR) is 174 cm³/mol.